The summed E-state index contributed by atoms with van der Waals surface area (Å²) in [4.78, 5) is 16.3. The van der Waals surface area contributed by atoms with Crippen molar-refractivity contribution in [3.8, 4) is 0 Å². The molecule has 0 fully saturated rings. The molecular weight excluding hydrogens is 297 g/mol. The smallest absolute Gasteiger partial charge is 0.255 e. The van der Waals surface area contributed by atoms with Crippen LogP contribution in [0, 0.1) is 6.92 Å². The quantitative estimate of drug-likeness (QED) is 0.843. The average Bonchev–Trinajstić information content (AvgIpc) is 2.43. The van der Waals surface area contributed by atoms with Gasteiger partial charge in [-0.3, -0.25) is 4.79 Å². The molecule has 6 heteroatoms. The highest BCUT2D eigenvalue weighted by Gasteiger charge is 2.11. The number of amides is 1. The van der Waals surface area contributed by atoms with Crippen LogP contribution >= 0.6 is 23.2 Å². The lowest BCUT2D eigenvalue weighted by molar-refractivity contribution is 0.102. The van der Waals surface area contributed by atoms with Crippen molar-refractivity contribution in [2.75, 3.05) is 17.7 Å². The number of nitrogens with one attached hydrogen (secondary N) is 2. The van der Waals surface area contributed by atoms with Crippen LogP contribution in [0.25, 0.3) is 0 Å². The number of pyridine rings is 1. The molecule has 104 valence electrons. The first kappa shape index (κ1) is 14.6. The molecular formula is C14H13Cl2N3O. The number of halogens is 2. The first-order valence-corrected chi connectivity index (χ1v) is 6.68. The van der Waals surface area contributed by atoms with Crippen molar-refractivity contribution < 1.29 is 4.79 Å². The fraction of sp³-hybridized carbons (Fsp3) is 0.143. The van der Waals surface area contributed by atoms with Gasteiger partial charge in [-0.05, 0) is 36.8 Å². The maximum absolute atomic E-state index is 12.2. The van der Waals surface area contributed by atoms with Crippen molar-refractivity contribution in [1.29, 1.82) is 0 Å². The molecule has 0 aliphatic heterocycles. The van der Waals surface area contributed by atoms with Gasteiger partial charge in [-0.25, -0.2) is 4.98 Å². The second-order valence-corrected chi connectivity index (χ2v) is 4.97. The zero-order valence-electron chi connectivity index (χ0n) is 11.0. The van der Waals surface area contributed by atoms with Crippen LogP contribution in [-0.4, -0.2) is 17.9 Å². The van der Waals surface area contributed by atoms with Crippen LogP contribution in [0.3, 0.4) is 0 Å². The van der Waals surface area contributed by atoms with Gasteiger partial charge in [0.15, 0.2) is 0 Å². The van der Waals surface area contributed by atoms with E-state index in [0.717, 1.165) is 5.56 Å². The zero-order chi connectivity index (χ0) is 14.7. The number of rotatable bonds is 3. The predicted octanol–water partition coefficient (Wildman–Crippen LogP) is 3.99. The van der Waals surface area contributed by atoms with Crippen LogP contribution in [0.1, 0.15) is 15.9 Å². The Kier molecular flexibility index (Phi) is 4.47. The summed E-state index contributed by atoms with van der Waals surface area (Å²) in [5, 5.41) is 6.52. The summed E-state index contributed by atoms with van der Waals surface area (Å²) in [5.74, 6) is 0.265. The van der Waals surface area contributed by atoms with Gasteiger partial charge in [0.05, 0.1) is 0 Å². The van der Waals surface area contributed by atoms with Crippen molar-refractivity contribution in [3.63, 3.8) is 0 Å². The highest BCUT2D eigenvalue weighted by atomic mass is 35.5. The maximum atomic E-state index is 12.2. The number of hydrogen-bond acceptors (Lipinski definition) is 3. The van der Waals surface area contributed by atoms with Gasteiger partial charge in [0.1, 0.15) is 11.0 Å². The van der Waals surface area contributed by atoms with E-state index in [1.165, 1.54) is 6.07 Å². The molecule has 0 aliphatic rings. The second-order valence-electron chi connectivity index (χ2n) is 4.18. The fourth-order valence-corrected chi connectivity index (χ4v) is 2.08. The van der Waals surface area contributed by atoms with E-state index in [1.54, 1.807) is 31.3 Å². The van der Waals surface area contributed by atoms with E-state index in [4.69, 9.17) is 23.2 Å². The van der Waals surface area contributed by atoms with Crippen LogP contribution in [0.15, 0.2) is 30.3 Å². The molecule has 1 aromatic heterocycles. The van der Waals surface area contributed by atoms with Gasteiger partial charge < -0.3 is 10.6 Å². The van der Waals surface area contributed by atoms with E-state index in [2.05, 4.69) is 15.6 Å². The molecule has 0 saturated heterocycles. The molecule has 2 rings (SSSR count). The highest BCUT2D eigenvalue weighted by molar-refractivity contribution is 6.32. The molecule has 0 spiro atoms. The van der Waals surface area contributed by atoms with Crippen LogP contribution in [0.4, 0.5) is 11.5 Å². The summed E-state index contributed by atoms with van der Waals surface area (Å²) in [6.07, 6.45) is 0. The summed E-state index contributed by atoms with van der Waals surface area (Å²) >= 11 is 11.9. The summed E-state index contributed by atoms with van der Waals surface area (Å²) in [6, 6.07) is 8.48. The van der Waals surface area contributed by atoms with E-state index in [1.807, 2.05) is 6.92 Å². The number of anilines is 2. The minimum Gasteiger partial charge on any atom is -0.373 e. The van der Waals surface area contributed by atoms with Crippen LogP contribution < -0.4 is 10.6 Å². The van der Waals surface area contributed by atoms with E-state index in [0.29, 0.717) is 22.1 Å². The molecule has 0 unspecified atom stereocenters. The topological polar surface area (TPSA) is 54.0 Å². The Bertz CT molecular complexity index is 659. The Balaban J connectivity index is 2.28. The van der Waals surface area contributed by atoms with Crippen molar-refractivity contribution in [1.82, 2.24) is 4.98 Å². The van der Waals surface area contributed by atoms with E-state index < -0.39 is 0 Å². The van der Waals surface area contributed by atoms with Gasteiger partial charge in [-0.1, -0.05) is 29.3 Å². The number of benzene rings is 1. The molecule has 2 N–H and O–H groups in total. The number of carbonyl (C=O) groups is 1. The first-order valence-electron chi connectivity index (χ1n) is 5.93. The molecule has 1 amide bonds. The zero-order valence-corrected chi connectivity index (χ0v) is 12.5. The minimum atomic E-state index is -0.267. The lowest BCUT2D eigenvalue weighted by Gasteiger charge is -2.10. The fourth-order valence-electron chi connectivity index (χ4n) is 1.69. The molecule has 0 aliphatic carbocycles. The summed E-state index contributed by atoms with van der Waals surface area (Å²) in [7, 11) is 1.71. The summed E-state index contributed by atoms with van der Waals surface area (Å²) < 4.78 is 0. The van der Waals surface area contributed by atoms with Crippen LogP contribution in [0.2, 0.25) is 10.2 Å². The standard InChI is InChI=1S/C14H13Cl2N3O/c1-8-10(15)4-3-5-11(8)18-14(20)9-6-12(16)19-13(7-9)17-2/h3-7H,1-2H3,(H,17,19)(H,18,20). The number of carbonyl (C=O) groups excluding carboxylic acids is 1. The molecule has 0 atom stereocenters. The van der Waals surface area contributed by atoms with Gasteiger partial charge in [0, 0.05) is 23.3 Å². The summed E-state index contributed by atoms with van der Waals surface area (Å²) in [5.41, 5.74) is 1.91. The summed E-state index contributed by atoms with van der Waals surface area (Å²) in [6.45, 7) is 1.84. The molecule has 2 aromatic rings. The van der Waals surface area contributed by atoms with E-state index in [9.17, 15) is 4.79 Å². The second kappa shape index (κ2) is 6.11. The van der Waals surface area contributed by atoms with Crippen LogP contribution in [0.5, 0.6) is 0 Å². The average molecular weight is 310 g/mol. The molecule has 1 heterocycles. The molecule has 0 bridgehead atoms. The number of nitrogens with zero attached hydrogens (tertiary/aromatic N) is 1. The molecule has 4 nitrogen and oxygen atoms in total. The van der Waals surface area contributed by atoms with E-state index >= 15 is 0 Å². The van der Waals surface area contributed by atoms with Gasteiger partial charge in [-0.15, -0.1) is 0 Å². The van der Waals surface area contributed by atoms with Crippen molar-refractivity contribution in [2.45, 2.75) is 6.92 Å². The normalized spacial score (nSPS) is 10.2. The van der Waals surface area contributed by atoms with Crippen LogP contribution in [-0.2, 0) is 0 Å². The predicted molar refractivity (Wildman–Crippen MR) is 82.9 cm³/mol. The number of aromatic nitrogens is 1. The van der Waals surface area contributed by atoms with Gasteiger partial charge in [0.2, 0.25) is 0 Å². The largest absolute Gasteiger partial charge is 0.373 e. The van der Waals surface area contributed by atoms with E-state index in [-0.39, 0.29) is 11.1 Å². The Labute approximate surface area is 127 Å². The first-order chi connectivity index (χ1) is 9.51. The van der Waals surface area contributed by atoms with Gasteiger partial charge in [-0.2, -0.15) is 0 Å². The maximum Gasteiger partial charge on any atom is 0.255 e. The third-order valence-corrected chi connectivity index (χ3v) is 3.43. The van der Waals surface area contributed by atoms with Crippen molar-refractivity contribution in [3.05, 3.63) is 51.6 Å². The Hall–Kier alpha value is -1.78. The Morgan fingerprint density at radius 2 is 2.00 bits per heavy atom. The highest BCUT2D eigenvalue weighted by Crippen LogP contribution is 2.24. The molecule has 1 aromatic carbocycles. The molecule has 20 heavy (non-hydrogen) atoms. The lowest BCUT2D eigenvalue weighted by Crippen LogP contribution is -2.13. The van der Waals surface area contributed by atoms with Crippen molar-refractivity contribution in [2.24, 2.45) is 0 Å². The SMILES string of the molecule is CNc1cc(C(=O)Nc2cccc(Cl)c2C)cc(Cl)n1. The lowest BCUT2D eigenvalue weighted by atomic mass is 10.2. The van der Waals surface area contributed by atoms with Gasteiger partial charge >= 0.3 is 0 Å². The monoisotopic (exact) mass is 309 g/mol. The Morgan fingerprint density at radius 1 is 1.25 bits per heavy atom. The third-order valence-electron chi connectivity index (χ3n) is 2.83. The number of hydrogen-bond donors (Lipinski definition) is 2. The Morgan fingerprint density at radius 3 is 2.70 bits per heavy atom. The van der Waals surface area contributed by atoms with Crippen molar-refractivity contribution >= 4 is 40.6 Å². The third kappa shape index (κ3) is 3.21. The molecule has 0 radical (unpaired) electrons. The minimum absolute atomic E-state index is 0.254. The molecule has 0 saturated carbocycles. The van der Waals surface area contributed by atoms with Gasteiger partial charge in [0.25, 0.3) is 5.91 Å².